The average Bonchev–Trinajstić information content (AvgIpc) is 2.73. The van der Waals surface area contributed by atoms with Crippen LogP contribution < -0.4 is 14.2 Å². The third-order valence-electron chi connectivity index (χ3n) is 2.54. The highest BCUT2D eigenvalue weighted by Gasteiger charge is 2.17. The van der Waals surface area contributed by atoms with Crippen molar-refractivity contribution in [3.63, 3.8) is 0 Å². The molecular formula is C11H15NO4S. The maximum Gasteiger partial charge on any atom is 0.231 e. The molecule has 0 atom stereocenters. The van der Waals surface area contributed by atoms with Gasteiger partial charge < -0.3 is 9.47 Å². The molecular weight excluding hydrogens is 242 g/mol. The summed E-state index contributed by atoms with van der Waals surface area (Å²) in [5, 5.41) is -0.434. The van der Waals surface area contributed by atoms with E-state index in [1.807, 2.05) is 6.07 Å². The minimum Gasteiger partial charge on any atom is -0.454 e. The largest absolute Gasteiger partial charge is 0.454 e. The number of sulfonamides is 1. The SMILES string of the molecule is CC(C)S(=O)(=O)NCc1ccc2c(c1)OCO2. The van der Waals surface area contributed by atoms with Crippen LogP contribution in [0, 0.1) is 0 Å². The Morgan fingerprint density at radius 3 is 2.71 bits per heavy atom. The van der Waals surface area contributed by atoms with Crippen molar-refractivity contribution < 1.29 is 17.9 Å². The summed E-state index contributed by atoms with van der Waals surface area (Å²) in [5.41, 5.74) is 0.846. The molecule has 6 heteroatoms. The molecule has 0 aromatic heterocycles. The van der Waals surface area contributed by atoms with Crippen LogP contribution in [0.25, 0.3) is 0 Å². The molecule has 0 aliphatic carbocycles. The van der Waals surface area contributed by atoms with Crippen LogP contribution in [0.5, 0.6) is 11.5 Å². The van der Waals surface area contributed by atoms with Crippen LogP contribution in [0.4, 0.5) is 0 Å². The minimum atomic E-state index is -3.23. The first kappa shape index (κ1) is 12.2. The van der Waals surface area contributed by atoms with Gasteiger partial charge in [-0.15, -0.1) is 0 Å². The van der Waals surface area contributed by atoms with Crippen molar-refractivity contribution in [1.29, 1.82) is 0 Å². The fourth-order valence-electron chi connectivity index (χ4n) is 1.40. The summed E-state index contributed by atoms with van der Waals surface area (Å²) < 4.78 is 36.1. The van der Waals surface area contributed by atoms with Gasteiger partial charge in [-0.2, -0.15) is 0 Å². The van der Waals surface area contributed by atoms with Crippen molar-refractivity contribution in [1.82, 2.24) is 4.72 Å². The molecule has 0 saturated heterocycles. The highest BCUT2D eigenvalue weighted by molar-refractivity contribution is 7.90. The van der Waals surface area contributed by atoms with Gasteiger partial charge in [0, 0.05) is 6.54 Å². The molecule has 17 heavy (non-hydrogen) atoms. The molecule has 5 nitrogen and oxygen atoms in total. The second-order valence-electron chi connectivity index (χ2n) is 4.10. The van der Waals surface area contributed by atoms with Crippen LogP contribution in [0.2, 0.25) is 0 Å². The highest BCUT2D eigenvalue weighted by atomic mass is 32.2. The molecule has 1 aromatic carbocycles. The smallest absolute Gasteiger partial charge is 0.231 e. The fraction of sp³-hybridized carbons (Fsp3) is 0.455. The zero-order valence-electron chi connectivity index (χ0n) is 9.76. The maximum atomic E-state index is 11.6. The minimum absolute atomic E-state index is 0.219. The van der Waals surface area contributed by atoms with Gasteiger partial charge in [0.05, 0.1) is 5.25 Å². The van der Waals surface area contributed by atoms with Crippen molar-refractivity contribution >= 4 is 10.0 Å². The monoisotopic (exact) mass is 257 g/mol. The molecule has 1 aliphatic rings. The van der Waals surface area contributed by atoms with Crippen LogP contribution in [0.3, 0.4) is 0 Å². The van der Waals surface area contributed by atoms with Crippen molar-refractivity contribution in [2.45, 2.75) is 25.6 Å². The van der Waals surface area contributed by atoms with Gasteiger partial charge in [-0.1, -0.05) is 6.07 Å². The summed E-state index contributed by atoms with van der Waals surface area (Å²) in [6.45, 7) is 3.76. The molecule has 0 amide bonds. The van der Waals surface area contributed by atoms with Gasteiger partial charge in [-0.3, -0.25) is 0 Å². The Morgan fingerprint density at radius 1 is 1.29 bits per heavy atom. The number of hydrogen-bond donors (Lipinski definition) is 1. The molecule has 94 valence electrons. The van der Waals surface area contributed by atoms with E-state index in [1.54, 1.807) is 26.0 Å². The van der Waals surface area contributed by atoms with Gasteiger partial charge in [-0.25, -0.2) is 13.1 Å². The van der Waals surface area contributed by atoms with Crippen LogP contribution in [0.1, 0.15) is 19.4 Å². The molecule has 1 N–H and O–H groups in total. The predicted molar refractivity (Wildman–Crippen MR) is 63.5 cm³/mol. The summed E-state index contributed by atoms with van der Waals surface area (Å²) in [6.07, 6.45) is 0. The van der Waals surface area contributed by atoms with E-state index in [9.17, 15) is 8.42 Å². The topological polar surface area (TPSA) is 64.6 Å². The van der Waals surface area contributed by atoms with Crippen LogP contribution in [-0.4, -0.2) is 20.5 Å². The first-order valence-corrected chi connectivity index (χ1v) is 6.90. The molecule has 0 radical (unpaired) electrons. The number of hydrogen-bond acceptors (Lipinski definition) is 4. The summed E-state index contributed by atoms with van der Waals surface area (Å²) in [7, 11) is -3.23. The molecule has 0 bridgehead atoms. The second kappa shape index (κ2) is 4.54. The lowest BCUT2D eigenvalue weighted by Gasteiger charge is -2.09. The lowest BCUT2D eigenvalue weighted by molar-refractivity contribution is 0.174. The number of rotatable bonds is 4. The second-order valence-corrected chi connectivity index (χ2v) is 6.42. The Bertz CT molecular complexity index is 510. The Kier molecular flexibility index (Phi) is 3.26. The van der Waals surface area contributed by atoms with Gasteiger partial charge in [-0.05, 0) is 31.5 Å². The fourth-order valence-corrected chi connectivity index (χ4v) is 2.10. The van der Waals surface area contributed by atoms with E-state index in [4.69, 9.17) is 9.47 Å². The number of benzene rings is 1. The van der Waals surface area contributed by atoms with Crippen molar-refractivity contribution in [3.8, 4) is 11.5 Å². The average molecular weight is 257 g/mol. The van der Waals surface area contributed by atoms with Crippen LogP contribution in [-0.2, 0) is 16.6 Å². The number of fused-ring (bicyclic) bond motifs is 1. The third kappa shape index (κ3) is 2.70. The number of nitrogens with one attached hydrogen (secondary N) is 1. The normalized spacial score (nSPS) is 14.3. The number of ether oxygens (including phenoxy) is 2. The summed E-state index contributed by atoms with van der Waals surface area (Å²) in [6, 6.07) is 5.38. The van der Waals surface area contributed by atoms with Crippen molar-refractivity contribution in [3.05, 3.63) is 23.8 Å². The Morgan fingerprint density at radius 2 is 2.00 bits per heavy atom. The molecule has 1 aliphatic heterocycles. The Labute approximate surface area is 101 Å². The van der Waals surface area contributed by atoms with E-state index in [0.717, 1.165) is 5.56 Å². The van der Waals surface area contributed by atoms with E-state index >= 15 is 0 Å². The lowest BCUT2D eigenvalue weighted by atomic mass is 10.2. The van der Waals surface area contributed by atoms with Crippen molar-refractivity contribution in [2.24, 2.45) is 0 Å². The maximum absolute atomic E-state index is 11.6. The van der Waals surface area contributed by atoms with Gasteiger partial charge in [0.1, 0.15) is 0 Å². The quantitative estimate of drug-likeness (QED) is 0.881. The molecule has 0 saturated carbocycles. The zero-order chi connectivity index (χ0) is 12.5. The molecule has 0 unspecified atom stereocenters. The van der Waals surface area contributed by atoms with Gasteiger partial charge in [0.2, 0.25) is 16.8 Å². The van der Waals surface area contributed by atoms with Crippen molar-refractivity contribution in [2.75, 3.05) is 6.79 Å². The molecule has 1 heterocycles. The van der Waals surface area contributed by atoms with Gasteiger partial charge in [0.25, 0.3) is 0 Å². The van der Waals surface area contributed by atoms with E-state index < -0.39 is 15.3 Å². The van der Waals surface area contributed by atoms with Crippen LogP contribution in [0.15, 0.2) is 18.2 Å². The molecule has 0 fully saturated rings. The molecule has 1 aromatic rings. The summed E-state index contributed by atoms with van der Waals surface area (Å²) >= 11 is 0. The summed E-state index contributed by atoms with van der Waals surface area (Å²) in [4.78, 5) is 0. The van der Waals surface area contributed by atoms with E-state index in [2.05, 4.69) is 4.72 Å². The molecule has 0 spiro atoms. The standard InChI is InChI=1S/C11H15NO4S/c1-8(2)17(13,14)12-6-9-3-4-10-11(5-9)16-7-15-10/h3-5,8,12H,6-7H2,1-2H3. The van der Waals surface area contributed by atoms with E-state index in [1.165, 1.54) is 0 Å². The van der Waals surface area contributed by atoms with E-state index in [0.29, 0.717) is 11.5 Å². The van der Waals surface area contributed by atoms with Gasteiger partial charge >= 0.3 is 0 Å². The lowest BCUT2D eigenvalue weighted by Crippen LogP contribution is -2.30. The summed E-state index contributed by atoms with van der Waals surface area (Å²) in [5.74, 6) is 1.35. The Balaban J connectivity index is 2.06. The zero-order valence-corrected chi connectivity index (χ0v) is 10.6. The predicted octanol–water partition coefficient (Wildman–Crippen LogP) is 1.24. The first-order chi connectivity index (χ1) is 7.99. The Hall–Kier alpha value is -1.27. The first-order valence-electron chi connectivity index (χ1n) is 5.36. The molecule has 2 rings (SSSR count). The van der Waals surface area contributed by atoms with Crippen LogP contribution >= 0.6 is 0 Å². The van der Waals surface area contributed by atoms with E-state index in [-0.39, 0.29) is 13.3 Å². The third-order valence-corrected chi connectivity index (χ3v) is 4.32. The highest BCUT2D eigenvalue weighted by Crippen LogP contribution is 2.32. The van der Waals surface area contributed by atoms with Gasteiger partial charge in [0.15, 0.2) is 11.5 Å².